The van der Waals surface area contributed by atoms with Crippen LogP contribution in [-0.4, -0.2) is 39.1 Å². The first-order chi connectivity index (χ1) is 13.9. The van der Waals surface area contributed by atoms with Crippen LogP contribution in [0.3, 0.4) is 0 Å². The average molecular weight is 393 g/mol. The monoisotopic (exact) mass is 393 g/mol. The summed E-state index contributed by atoms with van der Waals surface area (Å²) < 4.78 is 16.1. The predicted molar refractivity (Wildman–Crippen MR) is 112 cm³/mol. The van der Waals surface area contributed by atoms with E-state index in [1.165, 1.54) is 6.08 Å². The number of allylic oxidation sites excluding steroid dienone is 1. The topological polar surface area (TPSA) is 65.1 Å². The fraction of sp³-hybridized carbons (Fsp3) is 0.217. The Labute approximate surface area is 170 Å². The number of carbonyl (C=O) groups is 2. The molecule has 1 aliphatic rings. The van der Waals surface area contributed by atoms with Crippen molar-refractivity contribution < 1.29 is 23.8 Å². The van der Waals surface area contributed by atoms with Crippen molar-refractivity contribution in [3.8, 4) is 11.5 Å². The van der Waals surface area contributed by atoms with Crippen LogP contribution in [0.15, 0.2) is 54.8 Å². The number of nitrogens with zero attached hydrogens (tertiary/aromatic N) is 1. The van der Waals surface area contributed by atoms with Crippen molar-refractivity contribution in [1.29, 1.82) is 0 Å². The van der Waals surface area contributed by atoms with Crippen LogP contribution >= 0.6 is 0 Å². The van der Waals surface area contributed by atoms with Crippen LogP contribution < -0.4 is 14.4 Å². The fourth-order valence-corrected chi connectivity index (χ4v) is 2.92. The summed E-state index contributed by atoms with van der Waals surface area (Å²) in [5.74, 6) is 0.429. The maximum atomic E-state index is 12.8. The largest absolute Gasteiger partial charge is 0.482 e. The van der Waals surface area contributed by atoms with Gasteiger partial charge in [0.1, 0.15) is 18.1 Å². The van der Waals surface area contributed by atoms with E-state index in [1.54, 1.807) is 25.1 Å². The predicted octanol–water partition coefficient (Wildman–Crippen LogP) is 3.79. The average Bonchev–Trinajstić information content (AvgIpc) is 3.00. The van der Waals surface area contributed by atoms with Crippen molar-refractivity contribution in [2.75, 3.05) is 32.2 Å². The van der Waals surface area contributed by atoms with Gasteiger partial charge in [-0.3, -0.25) is 4.79 Å². The summed E-state index contributed by atoms with van der Waals surface area (Å²) in [5, 5.41) is 0. The second-order valence-electron chi connectivity index (χ2n) is 6.80. The highest BCUT2D eigenvalue weighted by Gasteiger charge is 2.30. The second kappa shape index (κ2) is 8.65. The van der Waals surface area contributed by atoms with E-state index < -0.39 is 5.97 Å². The molecule has 0 amide bonds. The fourth-order valence-electron chi connectivity index (χ4n) is 2.92. The van der Waals surface area contributed by atoms with E-state index in [0.29, 0.717) is 22.6 Å². The number of hydrogen-bond acceptors (Lipinski definition) is 6. The summed E-state index contributed by atoms with van der Waals surface area (Å²) in [6.07, 6.45) is 3.20. The SMILES string of the molecule is C=CCOC(=O)COc1cc(C)c2c(c1)O/C(=C\c1ccc(N(C)C)cc1)C2=O. The Morgan fingerprint density at radius 3 is 2.59 bits per heavy atom. The maximum absolute atomic E-state index is 12.8. The lowest BCUT2D eigenvalue weighted by Gasteiger charge is -2.11. The zero-order chi connectivity index (χ0) is 21.0. The molecular formula is C23H23NO5. The molecule has 1 aliphatic heterocycles. The molecule has 6 nitrogen and oxygen atoms in total. The zero-order valence-corrected chi connectivity index (χ0v) is 16.7. The molecule has 2 aromatic carbocycles. The molecule has 1 heterocycles. The molecule has 0 aliphatic carbocycles. The highest BCUT2D eigenvalue weighted by atomic mass is 16.6. The molecule has 0 spiro atoms. The Bertz CT molecular complexity index is 974. The Balaban J connectivity index is 1.76. The number of ketones is 1. The van der Waals surface area contributed by atoms with Gasteiger partial charge in [0.05, 0.1) is 5.56 Å². The molecule has 3 rings (SSSR count). The molecule has 0 fully saturated rings. The number of rotatable bonds is 7. The molecule has 0 aromatic heterocycles. The van der Waals surface area contributed by atoms with E-state index in [9.17, 15) is 9.59 Å². The molecule has 29 heavy (non-hydrogen) atoms. The quantitative estimate of drug-likeness (QED) is 0.405. The molecule has 0 saturated carbocycles. The van der Waals surface area contributed by atoms with Gasteiger partial charge < -0.3 is 19.1 Å². The summed E-state index contributed by atoms with van der Waals surface area (Å²) >= 11 is 0. The third-order valence-corrected chi connectivity index (χ3v) is 4.37. The number of esters is 1. The number of ether oxygens (including phenoxy) is 3. The summed E-state index contributed by atoms with van der Waals surface area (Å²) in [4.78, 5) is 26.3. The van der Waals surface area contributed by atoms with E-state index in [-0.39, 0.29) is 24.8 Å². The van der Waals surface area contributed by atoms with Crippen LogP contribution in [0.1, 0.15) is 21.5 Å². The van der Waals surface area contributed by atoms with Crippen LogP contribution in [0.5, 0.6) is 11.5 Å². The minimum atomic E-state index is -0.498. The van der Waals surface area contributed by atoms with Crippen molar-refractivity contribution in [1.82, 2.24) is 0 Å². The van der Waals surface area contributed by atoms with Gasteiger partial charge in [0.25, 0.3) is 0 Å². The van der Waals surface area contributed by atoms with Gasteiger partial charge in [-0.25, -0.2) is 4.79 Å². The Morgan fingerprint density at radius 2 is 1.93 bits per heavy atom. The van der Waals surface area contributed by atoms with Crippen molar-refractivity contribution in [3.63, 3.8) is 0 Å². The lowest BCUT2D eigenvalue weighted by Crippen LogP contribution is -2.14. The first kappa shape index (κ1) is 20.2. The smallest absolute Gasteiger partial charge is 0.344 e. The lowest BCUT2D eigenvalue weighted by atomic mass is 10.0. The zero-order valence-electron chi connectivity index (χ0n) is 16.7. The third-order valence-electron chi connectivity index (χ3n) is 4.37. The molecule has 0 bridgehead atoms. The van der Waals surface area contributed by atoms with E-state index in [1.807, 2.05) is 43.3 Å². The van der Waals surface area contributed by atoms with Gasteiger partial charge in [-0.2, -0.15) is 0 Å². The maximum Gasteiger partial charge on any atom is 0.344 e. The highest BCUT2D eigenvalue weighted by Crippen LogP contribution is 2.37. The number of fused-ring (bicyclic) bond motifs is 1. The van der Waals surface area contributed by atoms with Gasteiger partial charge in [0.2, 0.25) is 5.78 Å². The van der Waals surface area contributed by atoms with Crippen LogP contribution in [0.4, 0.5) is 5.69 Å². The summed E-state index contributed by atoms with van der Waals surface area (Å²) in [5.41, 5.74) is 3.15. The van der Waals surface area contributed by atoms with Crippen molar-refractivity contribution in [2.45, 2.75) is 6.92 Å². The summed E-state index contributed by atoms with van der Waals surface area (Å²) in [6, 6.07) is 11.1. The Hall–Kier alpha value is -3.54. The van der Waals surface area contributed by atoms with Crippen LogP contribution in [-0.2, 0) is 9.53 Å². The first-order valence-electron chi connectivity index (χ1n) is 9.14. The van der Waals surface area contributed by atoms with Gasteiger partial charge in [-0.15, -0.1) is 0 Å². The molecule has 0 saturated heterocycles. The number of aryl methyl sites for hydroxylation is 1. The molecular weight excluding hydrogens is 370 g/mol. The molecule has 6 heteroatoms. The molecule has 2 aromatic rings. The minimum Gasteiger partial charge on any atom is -0.482 e. The van der Waals surface area contributed by atoms with Gasteiger partial charge in [0.15, 0.2) is 12.4 Å². The third kappa shape index (κ3) is 4.66. The Morgan fingerprint density at radius 1 is 1.21 bits per heavy atom. The molecule has 0 radical (unpaired) electrons. The first-order valence-corrected chi connectivity index (χ1v) is 9.14. The number of hydrogen-bond donors (Lipinski definition) is 0. The molecule has 0 unspecified atom stereocenters. The van der Waals surface area contributed by atoms with Crippen LogP contribution in [0, 0.1) is 6.92 Å². The lowest BCUT2D eigenvalue weighted by molar-refractivity contribution is -0.144. The Kier molecular flexibility index (Phi) is 6.02. The van der Waals surface area contributed by atoms with E-state index in [4.69, 9.17) is 14.2 Å². The standard InChI is InChI=1S/C23H23NO5/c1-5-10-27-21(25)14-28-18-11-15(2)22-19(13-18)29-20(23(22)26)12-16-6-8-17(9-7-16)24(3)4/h5-9,11-13H,1,10,14H2,2-4H3/b20-12-. The van der Waals surface area contributed by atoms with Crippen LogP contribution in [0.2, 0.25) is 0 Å². The highest BCUT2D eigenvalue weighted by molar-refractivity contribution is 6.15. The van der Waals surface area contributed by atoms with E-state index in [0.717, 1.165) is 11.3 Å². The van der Waals surface area contributed by atoms with E-state index >= 15 is 0 Å². The number of anilines is 1. The van der Waals surface area contributed by atoms with Gasteiger partial charge >= 0.3 is 5.97 Å². The van der Waals surface area contributed by atoms with Gasteiger partial charge in [-0.1, -0.05) is 24.8 Å². The summed E-state index contributed by atoms with van der Waals surface area (Å²) in [7, 11) is 3.94. The van der Waals surface area contributed by atoms with Crippen molar-refractivity contribution >= 4 is 23.5 Å². The number of benzene rings is 2. The molecule has 0 N–H and O–H groups in total. The van der Waals surface area contributed by atoms with Gasteiger partial charge in [-0.05, 0) is 42.3 Å². The van der Waals surface area contributed by atoms with Crippen molar-refractivity contribution in [3.05, 3.63) is 71.5 Å². The van der Waals surface area contributed by atoms with Crippen LogP contribution in [0.25, 0.3) is 6.08 Å². The normalized spacial score (nSPS) is 13.6. The number of carbonyl (C=O) groups excluding carboxylic acids is 2. The minimum absolute atomic E-state index is 0.132. The number of Topliss-reactive ketones (excluding diaryl/α,β-unsaturated/α-hetero) is 1. The molecule has 0 atom stereocenters. The summed E-state index contributed by atoms with van der Waals surface area (Å²) in [6.45, 7) is 5.18. The van der Waals surface area contributed by atoms with E-state index in [2.05, 4.69) is 6.58 Å². The second-order valence-corrected chi connectivity index (χ2v) is 6.80. The van der Waals surface area contributed by atoms with Crippen molar-refractivity contribution in [2.24, 2.45) is 0 Å². The molecule has 150 valence electrons. The van der Waals surface area contributed by atoms with Gasteiger partial charge in [0, 0.05) is 25.8 Å².